The Hall–Kier alpha value is -1.51. The second-order valence-corrected chi connectivity index (χ2v) is 3.48. The number of carbonyl (C=O) groups excluding carboxylic acids is 1. The van der Waals surface area contributed by atoms with Crippen molar-refractivity contribution < 1.29 is 9.53 Å². The Balaban J connectivity index is 2.06. The van der Waals surface area contributed by atoms with Crippen LogP contribution in [-0.4, -0.2) is 12.1 Å². The molecular weight excluding hydrogens is 166 g/mol. The molecule has 66 valence electrons. The SMILES string of the molecule is O=C1NC2Cc3ccccc3C2O1. The number of nitrogens with one attached hydrogen (secondary N) is 1. The van der Waals surface area contributed by atoms with Gasteiger partial charge in [-0.05, 0) is 17.5 Å². The van der Waals surface area contributed by atoms with Gasteiger partial charge in [-0.25, -0.2) is 4.79 Å². The quantitative estimate of drug-likeness (QED) is 0.647. The number of amides is 1. The molecule has 1 amide bonds. The summed E-state index contributed by atoms with van der Waals surface area (Å²) in [6, 6.07) is 8.27. The monoisotopic (exact) mass is 175 g/mol. The molecule has 1 aromatic rings. The summed E-state index contributed by atoms with van der Waals surface area (Å²) in [6.45, 7) is 0. The van der Waals surface area contributed by atoms with Crippen LogP contribution in [0.4, 0.5) is 4.79 Å². The van der Waals surface area contributed by atoms with E-state index in [1.807, 2.05) is 18.2 Å². The van der Waals surface area contributed by atoms with Crippen molar-refractivity contribution in [2.24, 2.45) is 0 Å². The Bertz CT molecular complexity index is 375. The molecular formula is C10H9NO2. The highest BCUT2D eigenvalue weighted by Crippen LogP contribution is 2.37. The summed E-state index contributed by atoms with van der Waals surface area (Å²) in [7, 11) is 0. The Morgan fingerprint density at radius 2 is 2.23 bits per heavy atom. The van der Waals surface area contributed by atoms with Gasteiger partial charge in [-0.3, -0.25) is 0 Å². The Morgan fingerprint density at radius 3 is 3.15 bits per heavy atom. The van der Waals surface area contributed by atoms with Crippen molar-refractivity contribution >= 4 is 6.09 Å². The minimum atomic E-state index is -0.287. The second-order valence-electron chi connectivity index (χ2n) is 3.48. The van der Waals surface area contributed by atoms with Crippen LogP contribution in [0.25, 0.3) is 0 Å². The molecule has 1 heterocycles. The lowest BCUT2D eigenvalue weighted by molar-refractivity contribution is 0.136. The van der Waals surface area contributed by atoms with Crippen molar-refractivity contribution in [1.29, 1.82) is 0 Å². The van der Waals surface area contributed by atoms with Gasteiger partial charge in [0.2, 0.25) is 0 Å². The lowest BCUT2D eigenvalue weighted by Crippen LogP contribution is -2.25. The maximum absolute atomic E-state index is 10.9. The van der Waals surface area contributed by atoms with Crippen molar-refractivity contribution in [3.05, 3.63) is 35.4 Å². The van der Waals surface area contributed by atoms with Gasteiger partial charge in [0.25, 0.3) is 0 Å². The minimum absolute atomic E-state index is 0.0521. The molecule has 13 heavy (non-hydrogen) atoms. The molecule has 0 saturated carbocycles. The summed E-state index contributed by atoms with van der Waals surface area (Å²) in [4.78, 5) is 10.9. The summed E-state index contributed by atoms with van der Waals surface area (Å²) in [5.74, 6) is 0. The van der Waals surface area contributed by atoms with Gasteiger partial charge < -0.3 is 10.1 Å². The standard InChI is InChI=1S/C10H9NO2/c12-10-11-8-5-6-3-1-2-4-7(6)9(8)13-10/h1-4,8-9H,5H2,(H,11,12). The topological polar surface area (TPSA) is 38.3 Å². The molecule has 0 radical (unpaired) electrons. The molecule has 1 saturated heterocycles. The van der Waals surface area contributed by atoms with Crippen molar-refractivity contribution in [2.45, 2.75) is 18.6 Å². The normalized spacial score (nSPS) is 29.1. The van der Waals surface area contributed by atoms with Crippen LogP contribution in [0, 0.1) is 0 Å². The van der Waals surface area contributed by atoms with Crippen LogP contribution in [-0.2, 0) is 11.2 Å². The molecule has 0 bridgehead atoms. The maximum Gasteiger partial charge on any atom is 0.408 e. The number of ether oxygens (including phenoxy) is 1. The van der Waals surface area contributed by atoms with E-state index in [9.17, 15) is 4.79 Å². The third kappa shape index (κ3) is 0.869. The number of alkyl carbamates (subject to hydrolysis) is 1. The molecule has 0 aromatic heterocycles. The number of hydrogen-bond donors (Lipinski definition) is 1. The Labute approximate surface area is 75.7 Å². The average molecular weight is 175 g/mol. The molecule has 3 nitrogen and oxygen atoms in total. The predicted molar refractivity (Wildman–Crippen MR) is 46.3 cm³/mol. The van der Waals surface area contributed by atoms with Gasteiger partial charge in [0, 0.05) is 0 Å². The molecule has 1 N–H and O–H groups in total. The van der Waals surface area contributed by atoms with E-state index in [-0.39, 0.29) is 18.2 Å². The highest BCUT2D eigenvalue weighted by molar-refractivity contribution is 5.71. The van der Waals surface area contributed by atoms with Crippen LogP contribution in [0.1, 0.15) is 17.2 Å². The van der Waals surface area contributed by atoms with E-state index in [1.54, 1.807) is 0 Å². The van der Waals surface area contributed by atoms with Gasteiger partial charge in [0.1, 0.15) is 6.10 Å². The van der Waals surface area contributed by atoms with Crippen molar-refractivity contribution in [3.8, 4) is 0 Å². The largest absolute Gasteiger partial charge is 0.439 e. The number of fused-ring (bicyclic) bond motifs is 3. The zero-order valence-corrected chi connectivity index (χ0v) is 6.99. The van der Waals surface area contributed by atoms with Gasteiger partial charge >= 0.3 is 6.09 Å². The zero-order valence-electron chi connectivity index (χ0n) is 6.99. The lowest BCUT2D eigenvalue weighted by atomic mass is 10.1. The zero-order chi connectivity index (χ0) is 8.84. The van der Waals surface area contributed by atoms with Crippen molar-refractivity contribution in [3.63, 3.8) is 0 Å². The van der Waals surface area contributed by atoms with Crippen LogP contribution in [0.2, 0.25) is 0 Å². The molecule has 1 aromatic carbocycles. The molecule has 1 fully saturated rings. The van der Waals surface area contributed by atoms with E-state index in [0.29, 0.717) is 0 Å². The molecule has 1 aliphatic carbocycles. The average Bonchev–Trinajstić information content (AvgIpc) is 2.60. The molecule has 2 atom stereocenters. The van der Waals surface area contributed by atoms with E-state index >= 15 is 0 Å². The van der Waals surface area contributed by atoms with Crippen LogP contribution in [0.15, 0.2) is 24.3 Å². The summed E-state index contributed by atoms with van der Waals surface area (Å²) < 4.78 is 5.16. The minimum Gasteiger partial charge on any atom is -0.439 e. The first kappa shape index (κ1) is 6.95. The smallest absolute Gasteiger partial charge is 0.408 e. The summed E-state index contributed by atoms with van der Waals surface area (Å²) >= 11 is 0. The van der Waals surface area contributed by atoms with Gasteiger partial charge in [-0.1, -0.05) is 24.3 Å². The number of hydrogen-bond acceptors (Lipinski definition) is 2. The van der Waals surface area contributed by atoms with Crippen LogP contribution < -0.4 is 5.32 Å². The molecule has 0 spiro atoms. The summed E-state index contributed by atoms with van der Waals surface area (Å²) in [5.41, 5.74) is 2.45. The summed E-state index contributed by atoms with van der Waals surface area (Å²) in [6.07, 6.45) is 0.556. The van der Waals surface area contributed by atoms with E-state index in [2.05, 4.69) is 11.4 Å². The second kappa shape index (κ2) is 2.25. The lowest BCUT2D eigenvalue weighted by Gasteiger charge is -2.05. The number of rotatable bonds is 0. The van der Waals surface area contributed by atoms with Gasteiger partial charge in [0.15, 0.2) is 0 Å². The maximum atomic E-state index is 10.9. The fourth-order valence-electron chi connectivity index (χ4n) is 2.13. The van der Waals surface area contributed by atoms with Crippen molar-refractivity contribution in [1.82, 2.24) is 5.32 Å². The Kier molecular flexibility index (Phi) is 1.20. The summed E-state index contributed by atoms with van der Waals surface area (Å²) in [5, 5.41) is 2.80. The number of carbonyl (C=O) groups is 1. The van der Waals surface area contributed by atoms with Gasteiger partial charge in [0.05, 0.1) is 6.04 Å². The fourth-order valence-corrected chi connectivity index (χ4v) is 2.13. The highest BCUT2D eigenvalue weighted by Gasteiger charge is 2.41. The molecule has 1 aliphatic heterocycles. The first-order chi connectivity index (χ1) is 6.34. The van der Waals surface area contributed by atoms with Crippen molar-refractivity contribution in [2.75, 3.05) is 0 Å². The molecule has 3 heteroatoms. The number of benzene rings is 1. The third-order valence-electron chi connectivity index (χ3n) is 2.70. The van der Waals surface area contributed by atoms with E-state index in [0.717, 1.165) is 12.0 Å². The van der Waals surface area contributed by atoms with Gasteiger partial charge in [-0.15, -0.1) is 0 Å². The third-order valence-corrected chi connectivity index (χ3v) is 2.70. The van der Waals surface area contributed by atoms with E-state index < -0.39 is 0 Å². The molecule has 3 rings (SSSR count). The highest BCUT2D eigenvalue weighted by atomic mass is 16.6. The predicted octanol–water partition coefficient (Wildman–Crippen LogP) is 1.39. The van der Waals surface area contributed by atoms with Gasteiger partial charge in [-0.2, -0.15) is 0 Å². The van der Waals surface area contributed by atoms with E-state index in [4.69, 9.17) is 4.74 Å². The molecule has 2 unspecified atom stereocenters. The van der Waals surface area contributed by atoms with Crippen LogP contribution in [0.3, 0.4) is 0 Å². The van der Waals surface area contributed by atoms with Crippen LogP contribution in [0.5, 0.6) is 0 Å². The van der Waals surface area contributed by atoms with E-state index in [1.165, 1.54) is 5.56 Å². The first-order valence-electron chi connectivity index (χ1n) is 4.39. The molecule has 2 aliphatic rings. The Morgan fingerprint density at radius 1 is 1.38 bits per heavy atom. The van der Waals surface area contributed by atoms with Crippen LogP contribution >= 0.6 is 0 Å². The first-order valence-corrected chi connectivity index (χ1v) is 4.39. The fraction of sp³-hybridized carbons (Fsp3) is 0.300.